The van der Waals surface area contributed by atoms with Crippen LogP contribution >= 0.6 is 11.8 Å². The Hall–Kier alpha value is -1.33. The first-order chi connectivity index (χ1) is 10.0. The fraction of sp³-hybridized carbons (Fsp3) is 0.500. The molecule has 5 heteroatoms. The Morgan fingerprint density at radius 1 is 1.29 bits per heavy atom. The second-order valence-corrected chi connectivity index (χ2v) is 6.58. The summed E-state index contributed by atoms with van der Waals surface area (Å²) in [5.41, 5.74) is 0.769. The summed E-state index contributed by atoms with van der Waals surface area (Å²) >= 11 is 1.63. The Kier molecular flexibility index (Phi) is 5.42. The van der Waals surface area contributed by atoms with Crippen LogP contribution in [0.4, 0.5) is 0 Å². The molecule has 114 valence electrons. The lowest BCUT2D eigenvalue weighted by Crippen LogP contribution is -2.28. The quantitative estimate of drug-likeness (QED) is 0.606. The number of hydrogen-bond donors (Lipinski definition) is 0. The molecule has 0 spiro atoms. The van der Waals surface area contributed by atoms with Crippen molar-refractivity contribution in [2.45, 2.75) is 32.0 Å². The van der Waals surface area contributed by atoms with Crippen LogP contribution in [-0.4, -0.2) is 29.0 Å². The largest absolute Gasteiger partial charge is 0.383 e. The maximum absolute atomic E-state index is 12.8. The van der Waals surface area contributed by atoms with Gasteiger partial charge >= 0.3 is 0 Å². The molecule has 1 aromatic heterocycles. The maximum atomic E-state index is 12.8. The van der Waals surface area contributed by atoms with Crippen molar-refractivity contribution >= 4 is 22.7 Å². The normalized spacial score (nSPS) is 13.0. The summed E-state index contributed by atoms with van der Waals surface area (Å²) in [6, 6.07) is 7.47. The van der Waals surface area contributed by atoms with Gasteiger partial charge in [-0.05, 0) is 25.0 Å². The minimum Gasteiger partial charge on any atom is -0.383 e. The number of para-hydroxylation sites is 1. The van der Waals surface area contributed by atoms with Gasteiger partial charge < -0.3 is 4.74 Å². The van der Waals surface area contributed by atoms with E-state index in [0.29, 0.717) is 17.9 Å². The van der Waals surface area contributed by atoms with Gasteiger partial charge in [-0.25, -0.2) is 4.98 Å². The predicted molar refractivity (Wildman–Crippen MR) is 88.2 cm³/mol. The van der Waals surface area contributed by atoms with Gasteiger partial charge in [0.05, 0.1) is 23.6 Å². The molecule has 0 saturated carbocycles. The van der Waals surface area contributed by atoms with E-state index in [9.17, 15) is 4.79 Å². The molecule has 1 aromatic carbocycles. The smallest absolute Gasteiger partial charge is 0.262 e. The van der Waals surface area contributed by atoms with Gasteiger partial charge in [0.25, 0.3) is 5.56 Å². The number of thioether (sulfide) groups is 1. The van der Waals surface area contributed by atoms with Crippen molar-refractivity contribution in [3.8, 4) is 0 Å². The van der Waals surface area contributed by atoms with Crippen LogP contribution < -0.4 is 5.56 Å². The number of methoxy groups -OCH3 is 1. The molecule has 2 aromatic rings. The monoisotopic (exact) mass is 306 g/mol. The van der Waals surface area contributed by atoms with E-state index in [0.717, 1.165) is 16.4 Å². The van der Waals surface area contributed by atoms with E-state index < -0.39 is 0 Å². The molecule has 0 unspecified atom stereocenters. The van der Waals surface area contributed by atoms with Crippen LogP contribution in [0.15, 0.2) is 34.2 Å². The average molecular weight is 306 g/mol. The second kappa shape index (κ2) is 7.09. The third-order valence-electron chi connectivity index (χ3n) is 3.17. The molecule has 0 aliphatic carbocycles. The Balaban J connectivity index is 2.56. The molecule has 0 saturated heterocycles. The topological polar surface area (TPSA) is 44.1 Å². The standard InChI is InChI=1S/C16H22N2O2S/c1-11(2)10-21-16-17-14-8-6-5-7-13(14)15(19)18(16)12(3)9-20-4/h5-8,11-12H,9-10H2,1-4H3/t12-/m1/s1. The Labute approximate surface area is 129 Å². The number of rotatable bonds is 6. The van der Waals surface area contributed by atoms with Crippen molar-refractivity contribution < 1.29 is 4.74 Å². The Bertz CT molecular complexity index is 667. The van der Waals surface area contributed by atoms with Crippen molar-refractivity contribution in [3.05, 3.63) is 34.6 Å². The molecular formula is C16H22N2O2S. The molecule has 0 aliphatic rings. The van der Waals surface area contributed by atoms with E-state index in [1.165, 1.54) is 0 Å². The molecule has 0 N–H and O–H groups in total. The highest BCUT2D eigenvalue weighted by Crippen LogP contribution is 2.22. The summed E-state index contributed by atoms with van der Waals surface area (Å²) in [5, 5.41) is 1.44. The fourth-order valence-corrected chi connectivity index (χ4v) is 3.22. The summed E-state index contributed by atoms with van der Waals surface area (Å²) in [4.78, 5) is 17.4. The zero-order valence-electron chi connectivity index (χ0n) is 13.0. The fourth-order valence-electron chi connectivity index (χ4n) is 2.17. The lowest BCUT2D eigenvalue weighted by molar-refractivity contribution is 0.156. The van der Waals surface area contributed by atoms with Crippen molar-refractivity contribution in [2.75, 3.05) is 19.5 Å². The van der Waals surface area contributed by atoms with Gasteiger partial charge in [0.2, 0.25) is 0 Å². The van der Waals surface area contributed by atoms with Gasteiger partial charge in [-0.3, -0.25) is 9.36 Å². The second-order valence-electron chi connectivity index (χ2n) is 5.60. The molecule has 0 bridgehead atoms. The van der Waals surface area contributed by atoms with E-state index in [1.807, 2.05) is 31.2 Å². The molecular weight excluding hydrogens is 284 g/mol. The Morgan fingerprint density at radius 2 is 2.00 bits per heavy atom. The lowest BCUT2D eigenvalue weighted by atomic mass is 10.2. The first-order valence-electron chi connectivity index (χ1n) is 7.17. The van der Waals surface area contributed by atoms with Crippen LogP contribution in [0.3, 0.4) is 0 Å². The first kappa shape index (κ1) is 16.0. The molecule has 0 radical (unpaired) electrons. The van der Waals surface area contributed by atoms with Gasteiger partial charge in [0.1, 0.15) is 0 Å². The van der Waals surface area contributed by atoms with Crippen LogP contribution in [0.5, 0.6) is 0 Å². The van der Waals surface area contributed by atoms with E-state index in [2.05, 4.69) is 18.8 Å². The van der Waals surface area contributed by atoms with Crippen molar-refractivity contribution in [2.24, 2.45) is 5.92 Å². The molecule has 1 heterocycles. The zero-order chi connectivity index (χ0) is 15.4. The number of ether oxygens (including phenoxy) is 1. The van der Waals surface area contributed by atoms with Gasteiger partial charge in [-0.15, -0.1) is 0 Å². The SMILES string of the molecule is COC[C@@H](C)n1c(SCC(C)C)nc2ccccc2c1=O. The summed E-state index contributed by atoms with van der Waals surface area (Å²) in [6.07, 6.45) is 0. The molecule has 4 nitrogen and oxygen atoms in total. The minimum absolute atomic E-state index is 0.0106. The van der Waals surface area contributed by atoms with E-state index in [-0.39, 0.29) is 11.6 Å². The van der Waals surface area contributed by atoms with Crippen LogP contribution in [-0.2, 0) is 4.74 Å². The first-order valence-corrected chi connectivity index (χ1v) is 8.16. The van der Waals surface area contributed by atoms with Gasteiger partial charge in [0, 0.05) is 12.9 Å². The van der Waals surface area contributed by atoms with E-state index >= 15 is 0 Å². The lowest BCUT2D eigenvalue weighted by Gasteiger charge is -2.19. The highest BCUT2D eigenvalue weighted by Gasteiger charge is 2.16. The average Bonchev–Trinajstić information content (AvgIpc) is 2.45. The summed E-state index contributed by atoms with van der Waals surface area (Å²) in [5.74, 6) is 1.48. The number of fused-ring (bicyclic) bond motifs is 1. The third kappa shape index (κ3) is 3.66. The highest BCUT2D eigenvalue weighted by molar-refractivity contribution is 7.99. The van der Waals surface area contributed by atoms with Gasteiger partial charge in [-0.1, -0.05) is 37.7 Å². The Morgan fingerprint density at radius 3 is 2.67 bits per heavy atom. The maximum Gasteiger partial charge on any atom is 0.262 e. The van der Waals surface area contributed by atoms with E-state index in [4.69, 9.17) is 4.74 Å². The molecule has 0 fully saturated rings. The summed E-state index contributed by atoms with van der Waals surface area (Å²) in [7, 11) is 1.65. The van der Waals surface area contributed by atoms with Gasteiger partial charge in [-0.2, -0.15) is 0 Å². The molecule has 21 heavy (non-hydrogen) atoms. The van der Waals surface area contributed by atoms with Crippen LogP contribution in [0.25, 0.3) is 10.9 Å². The summed E-state index contributed by atoms with van der Waals surface area (Å²) < 4.78 is 6.97. The molecule has 2 rings (SSSR count). The van der Waals surface area contributed by atoms with Crippen molar-refractivity contribution in [3.63, 3.8) is 0 Å². The highest BCUT2D eigenvalue weighted by atomic mass is 32.2. The van der Waals surface area contributed by atoms with Crippen molar-refractivity contribution in [1.29, 1.82) is 0 Å². The van der Waals surface area contributed by atoms with Gasteiger partial charge in [0.15, 0.2) is 5.16 Å². The molecule has 0 aliphatic heterocycles. The van der Waals surface area contributed by atoms with Crippen LogP contribution in [0, 0.1) is 5.92 Å². The van der Waals surface area contributed by atoms with Crippen LogP contribution in [0.2, 0.25) is 0 Å². The number of hydrogen-bond acceptors (Lipinski definition) is 4. The van der Waals surface area contributed by atoms with E-state index in [1.54, 1.807) is 23.4 Å². The number of aromatic nitrogens is 2. The number of nitrogens with zero attached hydrogens (tertiary/aromatic N) is 2. The number of benzene rings is 1. The minimum atomic E-state index is -0.0331. The van der Waals surface area contributed by atoms with Crippen LogP contribution in [0.1, 0.15) is 26.8 Å². The predicted octanol–water partition coefficient (Wildman–Crippen LogP) is 3.35. The van der Waals surface area contributed by atoms with Crippen molar-refractivity contribution in [1.82, 2.24) is 9.55 Å². The molecule has 0 amide bonds. The summed E-state index contributed by atoms with van der Waals surface area (Å²) in [6.45, 7) is 6.81. The molecule has 1 atom stereocenters. The zero-order valence-corrected chi connectivity index (χ0v) is 13.8. The third-order valence-corrected chi connectivity index (χ3v) is 4.55.